The predicted octanol–water partition coefficient (Wildman–Crippen LogP) is 3.58. The molecule has 0 bridgehead atoms. The van der Waals surface area contributed by atoms with Gasteiger partial charge in [0.05, 0.1) is 34.9 Å². The lowest BCUT2D eigenvalue weighted by atomic mass is 9.95. The summed E-state index contributed by atoms with van der Waals surface area (Å²) in [5, 5.41) is 5.81. The molecule has 0 fully saturated rings. The number of allylic oxidation sites excluding steroid dienone is 1. The third kappa shape index (κ3) is 3.76. The first-order valence-corrected chi connectivity index (χ1v) is 8.02. The van der Waals surface area contributed by atoms with Crippen molar-refractivity contribution in [1.29, 1.82) is 0 Å². The smallest absolute Gasteiger partial charge is 0.337 e. The Morgan fingerprint density at radius 2 is 1.83 bits per heavy atom. The Morgan fingerprint density at radius 1 is 1.25 bits per heavy atom. The molecule has 1 aliphatic rings. The number of hydrogen-bond donors (Lipinski definition) is 2. The van der Waals surface area contributed by atoms with E-state index >= 15 is 0 Å². The molecule has 0 radical (unpaired) electrons. The molecule has 2 N–H and O–H groups in total. The Labute approximate surface area is 150 Å². The standard InChI is InChI=1S/C16H18Cl2N2O4/c1-7(2)24-14-10(17)5-9(6-11(14)18)13-12(15(21)23-4)8(3)19-16(22)20-13/h5-7,13H,1-4H3,(H2,19,20,22). The van der Waals surface area contributed by atoms with Crippen LogP contribution in [0.4, 0.5) is 4.79 Å². The Hall–Kier alpha value is -1.92. The van der Waals surface area contributed by atoms with Crippen molar-refractivity contribution in [2.24, 2.45) is 0 Å². The lowest BCUT2D eigenvalue weighted by Crippen LogP contribution is -2.45. The Bertz CT molecular complexity index is 693. The van der Waals surface area contributed by atoms with Crippen LogP contribution in [0, 0.1) is 0 Å². The SMILES string of the molecule is COC(=O)C1=C(C)NC(=O)NC1c1cc(Cl)c(OC(C)C)c(Cl)c1. The number of halogens is 2. The van der Waals surface area contributed by atoms with E-state index in [1.54, 1.807) is 19.1 Å². The highest BCUT2D eigenvalue weighted by Gasteiger charge is 2.32. The fourth-order valence-corrected chi connectivity index (χ4v) is 3.01. The van der Waals surface area contributed by atoms with Gasteiger partial charge in [-0.05, 0) is 38.5 Å². The van der Waals surface area contributed by atoms with Gasteiger partial charge in [0.15, 0.2) is 5.75 Å². The largest absolute Gasteiger partial charge is 0.488 e. The van der Waals surface area contributed by atoms with Crippen molar-refractivity contribution >= 4 is 35.2 Å². The van der Waals surface area contributed by atoms with Gasteiger partial charge in [0.25, 0.3) is 0 Å². The first kappa shape index (κ1) is 18.4. The summed E-state index contributed by atoms with van der Waals surface area (Å²) < 4.78 is 10.4. The van der Waals surface area contributed by atoms with Gasteiger partial charge in [-0.1, -0.05) is 23.2 Å². The molecule has 0 aliphatic carbocycles. The summed E-state index contributed by atoms with van der Waals surface area (Å²) >= 11 is 12.5. The molecule has 1 aromatic rings. The van der Waals surface area contributed by atoms with Gasteiger partial charge in [-0.2, -0.15) is 0 Å². The van der Waals surface area contributed by atoms with Gasteiger partial charge in [-0.15, -0.1) is 0 Å². The molecule has 0 saturated heterocycles. The molecule has 2 amide bonds. The summed E-state index contributed by atoms with van der Waals surface area (Å²) in [6, 6.07) is 2.06. The van der Waals surface area contributed by atoms with E-state index in [4.69, 9.17) is 32.7 Å². The zero-order valence-electron chi connectivity index (χ0n) is 13.7. The molecular formula is C16H18Cl2N2O4. The van der Waals surface area contributed by atoms with Gasteiger partial charge in [0, 0.05) is 5.70 Å². The second-order valence-electron chi connectivity index (χ2n) is 5.54. The first-order chi connectivity index (χ1) is 11.2. The summed E-state index contributed by atoms with van der Waals surface area (Å²) in [6.45, 7) is 5.33. The van der Waals surface area contributed by atoms with Gasteiger partial charge in [-0.3, -0.25) is 0 Å². The van der Waals surface area contributed by atoms with Crippen LogP contribution < -0.4 is 15.4 Å². The number of ether oxygens (including phenoxy) is 2. The maximum absolute atomic E-state index is 12.1. The zero-order chi connectivity index (χ0) is 18.0. The van der Waals surface area contributed by atoms with Crippen LogP contribution >= 0.6 is 23.2 Å². The van der Waals surface area contributed by atoms with Crippen LogP contribution in [0.1, 0.15) is 32.4 Å². The third-order valence-electron chi connectivity index (χ3n) is 3.38. The number of methoxy groups -OCH3 is 1. The van der Waals surface area contributed by atoms with Crippen LogP contribution in [0.5, 0.6) is 5.75 Å². The van der Waals surface area contributed by atoms with Gasteiger partial charge in [-0.25, -0.2) is 9.59 Å². The topological polar surface area (TPSA) is 76.7 Å². The minimum absolute atomic E-state index is 0.0998. The number of amides is 2. The predicted molar refractivity (Wildman–Crippen MR) is 91.4 cm³/mol. The lowest BCUT2D eigenvalue weighted by molar-refractivity contribution is -0.136. The van der Waals surface area contributed by atoms with Crippen molar-refractivity contribution in [3.05, 3.63) is 39.0 Å². The zero-order valence-corrected chi connectivity index (χ0v) is 15.2. The maximum Gasteiger partial charge on any atom is 0.337 e. The fraction of sp³-hybridized carbons (Fsp3) is 0.375. The molecule has 1 heterocycles. The molecule has 0 saturated carbocycles. The molecule has 8 heteroatoms. The minimum atomic E-state index is -0.728. The van der Waals surface area contributed by atoms with E-state index < -0.39 is 18.0 Å². The summed E-state index contributed by atoms with van der Waals surface area (Å²) in [6.07, 6.45) is -0.0998. The van der Waals surface area contributed by atoms with Crippen molar-refractivity contribution < 1.29 is 19.1 Å². The quantitative estimate of drug-likeness (QED) is 0.791. The molecule has 2 rings (SSSR count). The van der Waals surface area contributed by atoms with E-state index in [1.807, 2.05) is 13.8 Å². The number of rotatable bonds is 4. The van der Waals surface area contributed by atoms with Gasteiger partial charge in [0.2, 0.25) is 0 Å². The number of hydrogen-bond acceptors (Lipinski definition) is 4. The summed E-state index contributed by atoms with van der Waals surface area (Å²) in [7, 11) is 1.27. The molecule has 130 valence electrons. The van der Waals surface area contributed by atoms with Crippen molar-refractivity contribution in [3.8, 4) is 5.75 Å². The van der Waals surface area contributed by atoms with Gasteiger partial charge >= 0.3 is 12.0 Å². The average molecular weight is 373 g/mol. The van der Waals surface area contributed by atoms with E-state index in [-0.39, 0.29) is 11.7 Å². The van der Waals surface area contributed by atoms with Crippen LogP contribution in [0.3, 0.4) is 0 Å². The molecule has 0 aromatic heterocycles. The van der Waals surface area contributed by atoms with Crippen LogP contribution in [0.15, 0.2) is 23.4 Å². The van der Waals surface area contributed by atoms with E-state index in [9.17, 15) is 9.59 Å². The van der Waals surface area contributed by atoms with Gasteiger partial charge < -0.3 is 20.1 Å². The Balaban J connectivity index is 2.51. The van der Waals surface area contributed by atoms with E-state index in [0.29, 0.717) is 27.1 Å². The van der Waals surface area contributed by atoms with Crippen molar-refractivity contribution in [2.75, 3.05) is 7.11 Å². The average Bonchev–Trinajstić information content (AvgIpc) is 2.49. The molecule has 6 nitrogen and oxygen atoms in total. The molecule has 1 aromatic carbocycles. The first-order valence-electron chi connectivity index (χ1n) is 7.26. The number of benzene rings is 1. The third-order valence-corrected chi connectivity index (χ3v) is 3.94. The number of carbonyl (C=O) groups is 2. The normalized spacial score (nSPS) is 17.5. The Morgan fingerprint density at radius 3 is 2.33 bits per heavy atom. The minimum Gasteiger partial charge on any atom is -0.488 e. The molecule has 0 spiro atoms. The highest BCUT2D eigenvalue weighted by molar-refractivity contribution is 6.37. The maximum atomic E-state index is 12.1. The highest BCUT2D eigenvalue weighted by atomic mass is 35.5. The summed E-state index contributed by atoms with van der Waals surface area (Å²) in [5.74, 6) is -0.197. The van der Waals surface area contributed by atoms with Crippen molar-refractivity contribution in [3.63, 3.8) is 0 Å². The number of esters is 1. The van der Waals surface area contributed by atoms with E-state index in [2.05, 4.69) is 10.6 Å². The summed E-state index contributed by atoms with van der Waals surface area (Å²) in [4.78, 5) is 23.9. The number of urea groups is 1. The number of nitrogens with one attached hydrogen (secondary N) is 2. The second kappa shape index (κ2) is 7.32. The van der Waals surface area contributed by atoms with Crippen molar-refractivity contribution in [2.45, 2.75) is 32.9 Å². The van der Waals surface area contributed by atoms with Crippen LogP contribution in [0.2, 0.25) is 10.0 Å². The molecule has 1 unspecified atom stereocenters. The van der Waals surface area contributed by atoms with Gasteiger partial charge in [0.1, 0.15) is 0 Å². The molecule has 1 atom stereocenters. The van der Waals surface area contributed by atoms with Crippen LogP contribution in [-0.4, -0.2) is 25.2 Å². The Kier molecular flexibility index (Phi) is 5.62. The second-order valence-corrected chi connectivity index (χ2v) is 6.36. The number of carbonyl (C=O) groups excluding carboxylic acids is 2. The van der Waals surface area contributed by atoms with Crippen LogP contribution in [0.25, 0.3) is 0 Å². The van der Waals surface area contributed by atoms with Crippen LogP contribution in [-0.2, 0) is 9.53 Å². The summed E-state index contributed by atoms with van der Waals surface area (Å²) in [5.41, 5.74) is 1.24. The fourth-order valence-electron chi connectivity index (χ4n) is 2.42. The van der Waals surface area contributed by atoms with E-state index in [1.165, 1.54) is 7.11 Å². The van der Waals surface area contributed by atoms with Crippen molar-refractivity contribution in [1.82, 2.24) is 10.6 Å². The lowest BCUT2D eigenvalue weighted by Gasteiger charge is -2.28. The highest BCUT2D eigenvalue weighted by Crippen LogP contribution is 2.38. The molecule has 24 heavy (non-hydrogen) atoms. The van der Waals surface area contributed by atoms with E-state index in [0.717, 1.165) is 0 Å². The molecular weight excluding hydrogens is 355 g/mol. The molecule has 1 aliphatic heterocycles. The monoisotopic (exact) mass is 372 g/mol.